The van der Waals surface area contributed by atoms with Crippen LogP contribution in [0.3, 0.4) is 0 Å². The lowest BCUT2D eigenvalue weighted by Gasteiger charge is -2.10. The van der Waals surface area contributed by atoms with E-state index in [1.165, 1.54) is 4.90 Å². The van der Waals surface area contributed by atoms with E-state index in [1.54, 1.807) is 11.8 Å². The average Bonchev–Trinajstić information content (AvgIpc) is 3.26. The topological polar surface area (TPSA) is 69.1 Å². The summed E-state index contributed by atoms with van der Waals surface area (Å²) in [5, 5.41) is 4.11. The first-order valence-corrected chi connectivity index (χ1v) is 10.1. The van der Waals surface area contributed by atoms with Crippen LogP contribution in [0.1, 0.15) is 35.8 Å². The smallest absolute Gasteiger partial charge is 0.278 e. The molecule has 0 spiro atoms. The third-order valence-electron chi connectivity index (χ3n) is 4.51. The Labute approximate surface area is 156 Å². The van der Waals surface area contributed by atoms with Crippen LogP contribution >= 0.6 is 27.7 Å². The highest BCUT2D eigenvalue weighted by Gasteiger charge is 2.30. The Balaban J connectivity index is 1.64. The number of thioether (sulfide) groups is 1. The number of benzene rings is 1. The number of fused-ring (bicyclic) bond motifs is 3. The molecule has 0 radical (unpaired) electrons. The van der Waals surface area contributed by atoms with Crippen LogP contribution in [-0.4, -0.2) is 30.6 Å². The van der Waals surface area contributed by atoms with Crippen molar-refractivity contribution in [2.45, 2.75) is 30.2 Å². The van der Waals surface area contributed by atoms with E-state index in [-0.39, 0.29) is 0 Å². The molecule has 1 aliphatic carbocycles. The van der Waals surface area contributed by atoms with Gasteiger partial charge in [-0.3, -0.25) is 9.56 Å². The van der Waals surface area contributed by atoms with Crippen LogP contribution in [-0.2, 0) is 6.54 Å². The highest BCUT2D eigenvalue weighted by Crippen LogP contribution is 2.39. The normalized spacial score (nSPS) is 16.2. The van der Waals surface area contributed by atoms with Crippen molar-refractivity contribution in [2.24, 2.45) is 4.99 Å². The molecule has 2 aromatic heterocycles. The largest absolute Gasteiger partial charge is 0.332 e. The Morgan fingerprint density at radius 3 is 3.00 bits per heavy atom. The molecule has 0 N–H and O–H groups in total. The van der Waals surface area contributed by atoms with Gasteiger partial charge < -0.3 is 4.52 Å². The third-order valence-corrected chi connectivity index (χ3v) is 5.91. The fourth-order valence-electron chi connectivity index (χ4n) is 3.00. The molecule has 1 aromatic carbocycles. The van der Waals surface area contributed by atoms with Crippen molar-refractivity contribution in [3.63, 3.8) is 0 Å². The van der Waals surface area contributed by atoms with Crippen molar-refractivity contribution in [2.75, 3.05) is 6.26 Å². The van der Waals surface area contributed by atoms with Crippen molar-refractivity contribution >= 4 is 32.3 Å². The molecule has 1 aliphatic heterocycles. The van der Waals surface area contributed by atoms with Crippen LogP contribution in [0.4, 0.5) is 0 Å². The minimum Gasteiger partial charge on any atom is -0.332 e. The second kappa shape index (κ2) is 5.81. The van der Waals surface area contributed by atoms with Gasteiger partial charge in [0, 0.05) is 16.4 Å². The van der Waals surface area contributed by atoms with E-state index in [9.17, 15) is 0 Å². The van der Waals surface area contributed by atoms with Gasteiger partial charge in [-0.2, -0.15) is 4.98 Å². The molecule has 126 valence electrons. The molecule has 0 bridgehead atoms. The second-order valence-corrected chi connectivity index (χ2v) is 7.76. The maximum absolute atomic E-state index is 5.47. The molecule has 0 unspecified atom stereocenters. The molecule has 6 nitrogen and oxygen atoms in total. The minimum absolute atomic E-state index is 0.455. The maximum atomic E-state index is 5.47. The molecule has 3 heterocycles. The molecule has 8 heteroatoms. The van der Waals surface area contributed by atoms with E-state index in [2.05, 4.69) is 65.1 Å². The van der Waals surface area contributed by atoms with Gasteiger partial charge in [0.15, 0.2) is 11.5 Å². The Kier molecular flexibility index (Phi) is 3.56. The number of halogens is 1. The second-order valence-electron chi connectivity index (χ2n) is 6.13. The number of rotatable bonds is 3. The molecule has 25 heavy (non-hydrogen) atoms. The Bertz CT molecular complexity index is 1000. The van der Waals surface area contributed by atoms with Gasteiger partial charge in [0.1, 0.15) is 10.9 Å². The highest BCUT2D eigenvalue weighted by molar-refractivity contribution is 9.18. The average molecular weight is 416 g/mol. The zero-order valence-electron chi connectivity index (χ0n) is 13.4. The first-order valence-electron chi connectivity index (χ1n) is 8.03. The van der Waals surface area contributed by atoms with Crippen molar-refractivity contribution < 1.29 is 4.52 Å². The predicted molar refractivity (Wildman–Crippen MR) is 99.8 cm³/mol. The van der Waals surface area contributed by atoms with Gasteiger partial charge in [0.2, 0.25) is 0 Å². The van der Waals surface area contributed by atoms with Gasteiger partial charge in [-0.25, -0.2) is 4.98 Å². The SMILES string of the molecule is CSc1ccc2c(c1)C(Br)=NCc1c(-c3nc(C4CC4)no3)ncn1-2. The van der Waals surface area contributed by atoms with Gasteiger partial charge >= 0.3 is 0 Å². The number of hydrogen-bond donors (Lipinski definition) is 0. The Morgan fingerprint density at radius 1 is 1.32 bits per heavy atom. The van der Waals surface area contributed by atoms with Crippen LogP contribution < -0.4 is 0 Å². The molecule has 0 amide bonds. The minimum atomic E-state index is 0.455. The zero-order valence-corrected chi connectivity index (χ0v) is 15.8. The molecule has 3 aromatic rings. The highest BCUT2D eigenvalue weighted by atomic mass is 79.9. The summed E-state index contributed by atoms with van der Waals surface area (Å²) in [7, 11) is 0. The van der Waals surface area contributed by atoms with E-state index in [4.69, 9.17) is 4.52 Å². The first kappa shape index (κ1) is 15.3. The van der Waals surface area contributed by atoms with Gasteiger partial charge in [-0.15, -0.1) is 11.8 Å². The van der Waals surface area contributed by atoms with Crippen LogP contribution in [0.5, 0.6) is 0 Å². The van der Waals surface area contributed by atoms with E-state index in [0.29, 0.717) is 24.0 Å². The van der Waals surface area contributed by atoms with Crippen LogP contribution in [0.15, 0.2) is 38.9 Å². The molecular formula is C17H14BrN5OS. The monoisotopic (exact) mass is 415 g/mol. The van der Waals surface area contributed by atoms with Gasteiger partial charge in [-0.05, 0) is 53.2 Å². The van der Waals surface area contributed by atoms with Crippen molar-refractivity contribution in [1.82, 2.24) is 19.7 Å². The maximum Gasteiger partial charge on any atom is 0.278 e. The first-order chi connectivity index (χ1) is 12.2. The lowest BCUT2D eigenvalue weighted by atomic mass is 10.2. The lowest BCUT2D eigenvalue weighted by Crippen LogP contribution is -2.01. The molecule has 0 saturated heterocycles. The van der Waals surface area contributed by atoms with E-state index in [1.807, 2.05) is 6.33 Å². The number of aliphatic imine (C=N–C) groups is 1. The zero-order chi connectivity index (χ0) is 17.0. The van der Waals surface area contributed by atoms with E-state index >= 15 is 0 Å². The van der Waals surface area contributed by atoms with Crippen molar-refractivity contribution in [3.05, 3.63) is 41.6 Å². The van der Waals surface area contributed by atoms with E-state index < -0.39 is 0 Å². The molecular weight excluding hydrogens is 402 g/mol. The summed E-state index contributed by atoms with van der Waals surface area (Å²) < 4.78 is 8.38. The van der Waals surface area contributed by atoms with Gasteiger partial charge in [-0.1, -0.05) is 5.16 Å². The van der Waals surface area contributed by atoms with Gasteiger partial charge in [0.25, 0.3) is 5.89 Å². The van der Waals surface area contributed by atoms with Crippen LogP contribution in [0.2, 0.25) is 0 Å². The number of imidazole rings is 1. The summed E-state index contributed by atoms with van der Waals surface area (Å²) in [4.78, 5) is 14.9. The number of hydrogen-bond acceptors (Lipinski definition) is 6. The van der Waals surface area contributed by atoms with Crippen LogP contribution in [0, 0.1) is 0 Å². The third kappa shape index (κ3) is 2.55. The quantitative estimate of drug-likeness (QED) is 0.600. The summed E-state index contributed by atoms with van der Waals surface area (Å²) in [6.07, 6.45) is 6.16. The number of nitrogens with zero attached hydrogens (tertiary/aromatic N) is 5. The van der Waals surface area contributed by atoms with E-state index in [0.717, 1.165) is 40.2 Å². The fraction of sp³-hybridized carbons (Fsp3) is 0.294. The standard InChI is InChI=1S/C17H14BrN5OS/c1-25-10-4-5-12-11(6-10)15(18)19-7-13-14(20-8-23(12)13)17-21-16(22-24-17)9-2-3-9/h4-6,8-9H,2-3,7H2,1H3. The summed E-state index contributed by atoms with van der Waals surface area (Å²) >= 11 is 5.32. The summed E-state index contributed by atoms with van der Waals surface area (Å²) in [5.74, 6) is 1.72. The Hall–Kier alpha value is -1.93. The fourth-order valence-corrected chi connectivity index (χ4v) is 3.88. The molecule has 1 saturated carbocycles. The van der Waals surface area contributed by atoms with Gasteiger partial charge in [0.05, 0.1) is 17.9 Å². The van der Waals surface area contributed by atoms with Crippen LogP contribution in [0.25, 0.3) is 17.3 Å². The molecule has 0 atom stereocenters. The summed E-state index contributed by atoms with van der Waals surface area (Å²) in [6.45, 7) is 0.500. The van der Waals surface area contributed by atoms with Crippen molar-refractivity contribution in [1.29, 1.82) is 0 Å². The predicted octanol–water partition coefficient (Wildman–Crippen LogP) is 4.18. The lowest BCUT2D eigenvalue weighted by molar-refractivity contribution is 0.421. The summed E-state index contributed by atoms with van der Waals surface area (Å²) in [5.41, 5.74) is 3.77. The molecule has 5 rings (SSSR count). The Morgan fingerprint density at radius 2 is 2.20 bits per heavy atom. The molecule has 1 fully saturated rings. The van der Waals surface area contributed by atoms with Crippen molar-refractivity contribution in [3.8, 4) is 17.3 Å². The number of aromatic nitrogens is 4. The summed E-state index contributed by atoms with van der Waals surface area (Å²) in [6, 6.07) is 6.35. The molecule has 2 aliphatic rings.